The maximum absolute atomic E-state index is 5.94. The average molecular weight is 380 g/mol. The SMILES string of the molecule is CCCc1c[nH]c2ccc(OCCCCCCCCCBr)cc12. The fourth-order valence-electron chi connectivity index (χ4n) is 2.99. The van der Waals surface area contributed by atoms with E-state index in [4.69, 9.17) is 4.74 Å². The van der Waals surface area contributed by atoms with Crippen LogP contribution in [0.5, 0.6) is 5.75 Å². The molecule has 0 atom stereocenters. The number of fused-ring (bicyclic) bond motifs is 1. The van der Waals surface area contributed by atoms with Gasteiger partial charge in [-0.15, -0.1) is 0 Å². The third-order valence-electron chi connectivity index (χ3n) is 4.30. The summed E-state index contributed by atoms with van der Waals surface area (Å²) >= 11 is 3.48. The van der Waals surface area contributed by atoms with Crippen LogP contribution in [0.25, 0.3) is 10.9 Å². The second-order valence-electron chi connectivity index (χ2n) is 6.28. The number of hydrogen-bond donors (Lipinski definition) is 1. The van der Waals surface area contributed by atoms with E-state index in [1.54, 1.807) is 0 Å². The van der Waals surface area contributed by atoms with E-state index in [1.165, 1.54) is 61.4 Å². The molecule has 1 aromatic heterocycles. The van der Waals surface area contributed by atoms with Crippen molar-refractivity contribution in [1.82, 2.24) is 4.98 Å². The van der Waals surface area contributed by atoms with Crippen LogP contribution in [-0.2, 0) is 6.42 Å². The Hall–Kier alpha value is -0.960. The van der Waals surface area contributed by atoms with Gasteiger partial charge < -0.3 is 9.72 Å². The molecule has 0 amide bonds. The highest BCUT2D eigenvalue weighted by molar-refractivity contribution is 9.09. The van der Waals surface area contributed by atoms with Gasteiger partial charge in [0.25, 0.3) is 0 Å². The molecule has 0 aliphatic rings. The van der Waals surface area contributed by atoms with Gasteiger partial charge in [0.2, 0.25) is 0 Å². The monoisotopic (exact) mass is 379 g/mol. The highest BCUT2D eigenvalue weighted by atomic mass is 79.9. The van der Waals surface area contributed by atoms with E-state index in [0.717, 1.165) is 30.5 Å². The molecule has 1 aromatic carbocycles. The molecule has 1 N–H and O–H groups in total. The minimum Gasteiger partial charge on any atom is -0.494 e. The minimum atomic E-state index is 0.834. The Bertz CT molecular complexity index is 564. The van der Waals surface area contributed by atoms with E-state index >= 15 is 0 Å². The smallest absolute Gasteiger partial charge is 0.120 e. The Kier molecular flexibility index (Phi) is 8.59. The molecule has 0 spiro atoms. The van der Waals surface area contributed by atoms with Gasteiger partial charge in [0, 0.05) is 22.4 Å². The molecule has 0 aliphatic heterocycles. The fraction of sp³-hybridized carbons (Fsp3) is 0.600. The third-order valence-corrected chi connectivity index (χ3v) is 4.87. The van der Waals surface area contributed by atoms with Gasteiger partial charge in [-0.05, 0) is 43.0 Å². The Morgan fingerprint density at radius 3 is 2.48 bits per heavy atom. The standard InChI is InChI=1S/C20H30BrNO/c1-2-10-17-16-22-20-12-11-18(15-19(17)20)23-14-9-7-5-3-4-6-8-13-21/h11-12,15-16,22H,2-10,13-14H2,1H3. The zero-order chi connectivity index (χ0) is 16.3. The number of hydrogen-bond acceptors (Lipinski definition) is 1. The van der Waals surface area contributed by atoms with Crippen LogP contribution in [-0.4, -0.2) is 16.9 Å². The van der Waals surface area contributed by atoms with E-state index < -0.39 is 0 Å². The van der Waals surface area contributed by atoms with E-state index in [-0.39, 0.29) is 0 Å². The van der Waals surface area contributed by atoms with Crippen LogP contribution in [0.2, 0.25) is 0 Å². The maximum Gasteiger partial charge on any atom is 0.120 e. The number of halogens is 1. The normalized spacial score (nSPS) is 11.2. The van der Waals surface area contributed by atoms with Crippen molar-refractivity contribution < 1.29 is 4.74 Å². The van der Waals surface area contributed by atoms with Crippen molar-refractivity contribution in [3.8, 4) is 5.75 Å². The summed E-state index contributed by atoms with van der Waals surface area (Å²) in [7, 11) is 0. The molecule has 2 aromatic rings. The molecule has 3 heteroatoms. The van der Waals surface area contributed by atoms with Crippen LogP contribution in [0.15, 0.2) is 24.4 Å². The fourth-order valence-corrected chi connectivity index (χ4v) is 3.39. The Labute approximate surface area is 149 Å². The van der Waals surface area contributed by atoms with Crippen LogP contribution in [0.1, 0.15) is 63.9 Å². The molecule has 1 heterocycles. The van der Waals surface area contributed by atoms with Gasteiger partial charge >= 0.3 is 0 Å². The highest BCUT2D eigenvalue weighted by Crippen LogP contribution is 2.24. The molecular weight excluding hydrogens is 350 g/mol. The molecule has 0 unspecified atom stereocenters. The number of benzene rings is 1. The molecular formula is C20H30BrNO. The second kappa shape index (κ2) is 10.7. The van der Waals surface area contributed by atoms with Gasteiger partial charge in [-0.25, -0.2) is 0 Å². The van der Waals surface area contributed by atoms with Crippen molar-refractivity contribution in [3.63, 3.8) is 0 Å². The summed E-state index contributed by atoms with van der Waals surface area (Å²) in [5.41, 5.74) is 2.61. The average Bonchev–Trinajstić information content (AvgIpc) is 2.96. The first-order valence-electron chi connectivity index (χ1n) is 9.14. The molecule has 0 saturated heterocycles. The molecule has 128 valence electrons. The van der Waals surface area contributed by atoms with Crippen molar-refractivity contribution >= 4 is 26.8 Å². The summed E-state index contributed by atoms with van der Waals surface area (Å²) in [6.45, 7) is 3.06. The van der Waals surface area contributed by atoms with Crippen molar-refractivity contribution in [3.05, 3.63) is 30.0 Å². The van der Waals surface area contributed by atoms with E-state index in [1.807, 2.05) is 0 Å². The summed E-state index contributed by atoms with van der Waals surface area (Å²) in [6.07, 6.45) is 13.6. The molecule has 2 rings (SSSR count). The minimum absolute atomic E-state index is 0.834. The van der Waals surface area contributed by atoms with Gasteiger partial charge in [-0.2, -0.15) is 0 Å². The second-order valence-corrected chi connectivity index (χ2v) is 7.08. The number of nitrogens with one attached hydrogen (secondary N) is 1. The number of unbranched alkanes of at least 4 members (excludes halogenated alkanes) is 6. The van der Waals surface area contributed by atoms with Crippen molar-refractivity contribution in [2.24, 2.45) is 0 Å². The molecule has 0 bridgehead atoms. The van der Waals surface area contributed by atoms with E-state index in [2.05, 4.69) is 52.2 Å². The molecule has 0 saturated carbocycles. The number of aryl methyl sites for hydroxylation is 1. The Morgan fingerprint density at radius 1 is 1.00 bits per heavy atom. The lowest BCUT2D eigenvalue weighted by atomic mass is 10.1. The molecule has 23 heavy (non-hydrogen) atoms. The topological polar surface area (TPSA) is 25.0 Å². The first kappa shape index (κ1) is 18.4. The molecule has 0 aliphatic carbocycles. The van der Waals surface area contributed by atoms with E-state index in [0.29, 0.717) is 0 Å². The lowest BCUT2D eigenvalue weighted by Crippen LogP contribution is -1.97. The number of rotatable bonds is 12. The number of aromatic nitrogens is 1. The number of ether oxygens (including phenoxy) is 1. The number of alkyl halides is 1. The van der Waals surface area contributed by atoms with Crippen molar-refractivity contribution in [2.45, 2.75) is 64.7 Å². The largest absolute Gasteiger partial charge is 0.494 e. The molecule has 0 radical (unpaired) electrons. The lowest BCUT2D eigenvalue weighted by Gasteiger charge is -2.07. The first-order valence-corrected chi connectivity index (χ1v) is 10.3. The zero-order valence-corrected chi connectivity index (χ0v) is 16.0. The molecule has 0 fully saturated rings. The van der Waals surface area contributed by atoms with Crippen LogP contribution in [0.4, 0.5) is 0 Å². The predicted octanol–water partition coefficient (Wildman–Crippen LogP) is 6.62. The van der Waals surface area contributed by atoms with Gasteiger partial charge in [0.05, 0.1) is 6.61 Å². The first-order chi connectivity index (χ1) is 11.3. The summed E-state index contributed by atoms with van der Waals surface area (Å²) < 4.78 is 5.94. The van der Waals surface area contributed by atoms with Crippen molar-refractivity contribution in [1.29, 1.82) is 0 Å². The summed E-state index contributed by atoms with van der Waals surface area (Å²) in [5.74, 6) is 1.01. The third kappa shape index (κ3) is 6.21. The summed E-state index contributed by atoms with van der Waals surface area (Å²) in [5, 5.41) is 2.46. The van der Waals surface area contributed by atoms with E-state index in [9.17, 15) is 0 Å². The van der Waals surface area contributed by atoms with Gasteiger partial charge in [-0.3, -0.25) is 0 Å². The maximum atomic E-state index is 5.94. The Morgan fingerprint density at radius 2 is 1.74 bits per heavy atom. The van der Waals surface area contributed by atoms with Gasteiger partial charge in [0.15, 0.2) is 0 Å². The highest BCUT2D eigenvalue weighted by Gasteiger charge is 2.04. The molecule has 2 nitrogen and oxygen atoms in total. The van der Waals surface area contributed by atoms with Crippen LogP contribution in [0, 0.1) is 0 Å². The van der Waals surface area contributed by atoms with Gasteiger partial charge in [0.1, 0.15) is 5.75 Å². The van der Waals surface area contributed by atoms with Crippen LogP contribution < -0.4 is 4.74 Å². The summed E-state index contributed by atoms with van der Waals surface area (Å²) in [6, 6.07) is 6.40. The number of H-pyrrole nitrogens is 1. The lowest BCUT2D eigenvalue weighted by molar-refractivity contribution is 0.304. The predicted molar refractivity (Wildman–Crippen MR) is 104 cm³/mol. The summed E-state index contributed by atoms with van der Waals surface area (Å²) in [4.78, 5) is 3.35. The number of aromatic amines is 1. The van der Waals surface area contributed by atoms with Crippen LogP contribution >= 0.6 is 15.9 Å². The van der Waals surface area contributed by atoms with Gasteiger partial charge in [-0.1, -0.05) is 61.4 Å². The van der Waals surface area contributed by atoms with Crippen molar-refractivity contribution in [2.75, 3.05) is 11.9 Å². The van der Waals surface area contributed by atoms with Crippen LogP contribution in [0.3, 0.4) is 0 Å². The zero-order valence-electron chi connectivity index (χ0n) is 14.4. The Balaban J connectivity index is 1.67. The quantitative estimate of drug-likeness (QED) is 0.325.